The van der Waals surface area contributed by atoms with E-state index in [9.17, 15) is 4.39 Å². The van der Waals surface area contributed by atoms with Gasteiger partial charge in [-0.15, -0.1) is 0 Å². The Bertz CT molecular complexity index is 696. The van der Waals surface area contributed by atoms with Gasteiger partial charge in [0.25, 0.3) is 0 Å². The Morgan fingerprint density at radius 2 is 2.18 bits per heavy atom. The van der Waals surface area contributed by atoms with E-state index < -0.39 is 0 Å². The van der Waals surface area contributed by atoms with Crippen molar-refractivity contribution in [2.75, 3.05) is 5.73 Å². The van der Waals surface area contributed by atoms with Gasteiger partial charge in [-0.05, 0) is 18.2 Å². The number of nitrogen functional groups attached to an aromatic ring is 1. The highest BCUT2D eigenvalue weighted by Gasteiger charge is 2.11. The van der Waals surface area contributed by atoms with Crippen molar-refractivity contribution in [3.8, 4) is 11.3 Å². The summed E-state index contributed by atoms with van der Waals surface area (Å²) in [5.41, 5.74) is 8.28. The van der Waals surface area contributed by atoms with Gasteiger partial charge in [0.2, 0.25) is 0 Å². The number of nitrogens with two attached hydrogens (primary N) is 1. The number of halogens is 1. The molecule has 0 fully saturated rings. The van der Waals surface area contributed by atoms with Crippen LogP contribution in [-0.4, -0.2) is 14.8 Å². The molecule has 0 amide bonds. The quantitative estimate of drug-likeness (QED) is 0.673. The number of nitrogens with zero attached hydrogens (tertiary/aromatic N) is 2. The fourth-order valence-corrected chi connectivity index (χ4v) is 2.05. The van der Waals surface area contributed by atoms with E-state index >= 15 is 0 Å². The molecule has 0 aliphatic heterocycles. The molecule has 0 unspecified atom stereocenters. The normalized spacial score (nSPS) is 11.2. The monoisotopic (exact) mass is 230 g/mol. The lowest BCUT2D eigenvalue weighted by atomic mass is 10.1. The van der Waals surface area contributed by atoms with Gasteiger partial charge in [-0.25, -0.2) is 4.39 Å². The number of H-pyrrole nitrogens is 1. The van der Waals surface area contributed by atoms with Crippen LogP contribution in [0.2, 0.25) is 0 Å². The number of hydrogen-bond acceptors (Lipinski definition) is 2. The Morgan fingerprint density at radius 1 is 1.35 bits per heavy atom. The number of nitrogens with one attached hydrogen (secondary N) is 1. The van der Waals surface area contributed by atoms with E-state index in [4.69, 9.17) is 5.73 Å². The molecule has 0 radical (unpaired) electrons. The molecular formula is C12H11FN4. The zero-order chi connectivity index (χ0) is 12.0. The maximum Gasteiger partial charge on any atom is 0.146 e. The van der Waals surface area contributed by atoms with Gasteiger partial charge >= 0.3 is 0 Å². The van der Waals surface area contributed by atoms with Crippen LogP contribution in [0.5, 0.6) is 0 Å². The minimum atomic E-state index is -0.254. The molecule has 0 aliphatic rings. The van der Waals surface area contributed by atoms with Gasteiger partial charge in [0, 0.05) is 35.8 Å². The molecule has 3 rings (SSSR count). The third-order valence-electron chi connectivity index (χ3n) is 2.82. The van der Waals surface area contributed by atoms with E-state index in [-0.39, 0.29) is 5.82 Å². The molecule has 2 aromatic heterocycles. The molecule has 3 N–H and O–H groups in total. The summed E-state index contributed by atoms with van der Waals surface area (Å²) in [4.78, 5) is 3.04. The standard InChI is InChI=1S/C12H11FN4/c1-17-11(5-12(14)16-17)9-6-15-10-4-7(13)2-3-8(9)10/h2-6,15H,1H3,(H2,14,16). The lowest BCUT2D eigenvalue weighted by Crippen LogP contribution is -1.94. The van der Waals surface area contributed by atoms with Crippen LogP contribution in [0.4, 0.5) is 10.2 Å². The fourth-order valence-electron chi connectivity index (χ4n) is 2.05. The third-order valence-corrected chi connectivity index (χ3v) is 2.82. The average Bonchev–Trinajstić information content (AvgIpc) is 2.81. The first kappa shape index (κ1) is 9.89. The zero-order valence-electron chi connectivity index (χ0n) is 9.24. The van der Waals surface area contributed by atoms with Crippen LogP contribution in [-0.2, 0) is 7.05 Å². The number of anilines is 1. The fraction of sp³-hybridized carbons (Fsp3) is 0.0833. The highest BCUT2D eigenvalue weighted by atomic mass is 19.1. The van der Waals surface area contributed by atoms with Gasteiger partial charge < -0.3 is 10.7 Å². The van der Waals surface area contributed by atoms with E-state index in [1.54, 1.807) is 16.8 Å². The lowest BCUT2D eigenvalue weighted by molar-refractivity contribution is 0.629. The van der Waals surface area contributed by atoms with Gasteiger partial charge in [-0.2, -0.15) is 5.10 Å². The van der Waals surface area contributed by atoms with Crippen molar-refractivity contribution in [3.63, 3.8) is 0 Å². The molecule has 3 aromatic rings. The minimum Gasteiger partial charge on any atom is -0.382 e. The molecule has 0 bridgehead atoms. The zero-order valence-corrected chi connectivity index (χ0v) is 9.24. The summed E-state index contributed by atoms with van der Waals surface area (Å²) in [5, 5.41) is 5.05. The van der Waals surface area contributed by atoms with Gasteiger partial charge in [-0.3, -0.25) is 4.68 Å². The molecule has 0 atom stereocenters. The smallest absolute Gasteiger partial charge is 0.146 e. The Balaban J connectivity index is 2.28. The lowest BCUT2D eigenvalue weighted by Gasteiger charge is -1.99. The molecule has 1 aromatic carbocycles. The van der Waals surface area contributed by atoms with Crippen LogP contribution in [0.25, 0.3) is 22.2 Å². The summed E-state index contributed by atoms with van der Waals surface area (Å²) >= 11 is 0. The van der Waals surface area contributed by atoms with E-state index in [1.807, 2.05) is 13.2 Å². The topological polar surface area (TPSA) is 59.6 Å². The molecule has 0 aliphatic carbocycles. The SMILES string of the molecule is Cn1nc(N)cc1-c1c[nH]c2cc(F)ccc12. The number of aromatic amines is 1. The summed E-state index contributed by atoms with van der Waals surface area (Å²) in [5.74, 6) is 0.217. The predicted octanol–water partition coefficient (Wildman–Crippen LogP) is 2.29. The maximum absolute atomic E-state index is 13.1. The first-order valence-corrected chi connectivity index (χ1v) is 5.21. The van der Waals surface area contributed by atoms with E-state index in [2.05, 4.69) is 10.1 Å². The second kappa shape index (κ2) is 3.35. The molecule has 0 saturated carbocycles. The molecule has 0 saturated heterocycles. The van der Waals surface area contributed by atoms with Gasteiger partial charge in [0.15, 0.2) is 0 Å². The van der Waals surface area contributed by atoms with Crippen molar-refractivity contribution in [1.82, 2.24) is 14.8 Å². The van der Waals surface area contributed by atoms with E-state index in [1.165, 1.54) is 12.1 Å². The first-order chi connectivity index (χ1) is 8.15. The molecule has 17 heavy (non-hydrogen) atoms. The highest BCUT2D eigenvalue weighted by molar-refractivity contribution is 5.95. The Kier molecular flexibility index (Phi) is 1.95. The molecule has 4 nitrogen and oxygen atoms in total. The van der Waals surface area contributed by atoms with Crippen LogP contribution in [0.3, 0.4) is 0 Å². The number of hydrogen-bond donors (Lipinski definition) is 2. The Hall–Kier alpha value is -2.30. The summed E-state index contributed by atoms with van der Waals surface area (Å²) in [6.07, 6.45) is 1.83. The second-order valence-corrected chi connectivity index (χ2v) is 3.97. The first-order valence-electron chi connectivity index (χ1n) is 5.21. The Labute approximate surface area is 96.9 Å². The predicted molar refractivity (Wildman–Crippen MR) is 64.9 cm³/mol. The minimum absolute atomic E-state index is 0.254. The number of aromatic nitrogens is 3. The summed E-state index contributed by atoms with van der Waals surface area (Å²) in [7, 11) is 1.83. The van der Waals surface area contributed by atoms with Crippen LogP contribution < -0.4 is 5.73 Å². The van der Waals surface area contributed by atoms with Crippen molar-refractivity contribution < 1.29 is 4.39 Å². The van der Waals surface area contributed by atoms with Gasteiger partial charge in [-0.1, -0.05) is 0 Å². The van der Waals surface area contributed by atoms with Crippen molar-refractivity contribution in [1.29, 1.82) is 0 Å². The summed E-state index contributed by atoms with van der Waals surface area (Å²) < 4.78 is 14.8. The summed E-state index contributed by atoms with van der Waals surface area (Å²) in [6.45, 7) is 0. The maximum atomic E-state index is 13.1. The van der Waals surface area contributed by atoms with Crippen LogP contribution in [0.1, 0.15) is 0 Å². The number of benzene rings is 1. The van der Waals surface area contributed by atoms with Crippen molar-refractivity contribution in [2.24, 2.45) is 7.05 Å². The van der Waals surface area contributed by atoms with Crippen molar-refractivity contribution in [3.05, 3.63) is 36.3 Å². The summed E-state index contributed by atoms with van der Waals surface area (Å²) in [6, 6.07) is 6.46. The number of fused-ring (bicyclic) bond motifs is 1. The molecule has 0 spiro atoms. The third kappa shape index (κ3) is 1.47. The number of rotatable bonds is 1. The van der Waals surface area contributed by atoms with E-state index in [0.717, 1.165) is 22.2 Å². The van der Waals surface area contributed by atoms with Gasteiger partial charge in [0.1, 0.15) is 11.6 Å². The Morgan fingerprint density at radius 3 is 2.88 bits per heavy atom. The second-order valence-electron chi connectivity index (χ2n) is 3.97. The largest absolute Gasteiger partial charge is 0.382 e. The van der Waals surface area contributed by atoms with Crippen LogP contribution >= 0.6 is 0 Å². The van der Waals surface area contributed by atoms with Crippen LogP contribution in [0.15, 0.2) is 30.5 Å². The molecule has 5 heteroatoms. The molecular weight excluding hydrogens is 219 g/mol. The van der Waals surface area contributed by atoms with Crippen molar-refractivity contribution in [2.45, 2.75) is 0 Å². The van der Waals surface area contributed by atoms with Crippen molar-refractivity contribution >= 4 is 16.7 Å². The molecule has 86 valence electrons. The number of aryl methyl sites for hydroxylation is 1. The van der Waals surface area contributed by atoms with E-state index in [0.29, 0.717) is 5.82 Å². The van der Waals surface area contributed by atoms with Crippen LogP contribution in [0, 0.1) is 5.82 Å². The average molecular weight is 230 g/mol. The highest BCUT2D eigenvalue weighted by Crippen LogP contribution is 2.29. The van der Waals surface area contributed by atoms with Gasteiger partial charge in [0.05, 0.1) is 5.69 Å². The molecule has 2 heterocycles.